The van der Waals surface area contributed by atoms with Gasteiger partial charge in [0.05, 0.1) is 12.1 Å². The van der Waals surface area contributed by atoms with Crippen LogP contribution in [-0.4, -0.2) is 25.0 Å². The summed E-state index contributed by atoms with van der Waals surface area (Å²) in [7, 11) is 1.61. The van der Waals surface area contributed by atoms with Crippen molar-refractivity contribution < 1.29 is 22.1 Å². The molecule has 0 spiro atoms. The van der Waals surface area contributed by atoms with Gasteiger partial charge >= 0.3 is 5.51 Å². The summed E-state index contributed by atoms with van der Waals surface area (Å²) in [5.74, 6) is 0.157. The van der Waals surface area contributed by atoms with Crippen LogP contribution >= 0.6 is 24.0 Å². The molecule has 0 aliphatic rings. The van der Waals surface area contributed by atoms with Crippen molar-refractivity contribution in [3.05, 3.63) is 29.8 Å². The van der Waals surface area contributed by atoms with Crippen LogP contribution in [0.15, 0.2) is 24.3 Å². The molecule has 3 nitrogen and oxygen atoms in total. The molecule has 0 radical (unpaired) electrons. The van der Waals surface area contributed by atoms with E-state index in [1.54, 1.807) is 19.2 Å². The SMILES string of the molecule is COC(C)C(NSC)c1ccc(OSC(F)(F)F)cc1. The highest BCUT2D eigenvalue weighted by molar-refractivity contribution is 7.96. The van der Waals surface area contributed by atoms with Crippen LogP contribution in [0.25, 0.3) is 0 Å². The van der Waals surface area contributed by atoms with E-state index in [9.17, 15) is 13.2 Å². The summed E-state index contributed by atoms with van der Waals surface area (Å²) in [4.78, 5) is 0. The number of hydrogen-bond donors (Lipinski definition) is 1. The lowest BCUT2D eigenvalue weighted by molar-refractivity contribution is -0.0369. The highest BCUT2D eigenvalue weighted by atomic mass is 32.2. The van der Waals surface area contributed by atoms with E-state index in [1.807, 2.05) is 13.2 Å². The molecule has 1 rings (SSSR count). The van der Waals surface area contributed by atoms with Crippen LogP contribution in [0.2, 0.25) is 0 Å². The van der Waals surface area contributed by atoms with E-state index in [0.717, 1.165) is 5.56 Å². The third kappa shape index (κ3) is 5.82. The topological polar surface area (TPSA) is 30.5 Å². The fourth-order valence-electron chi connectivity index (χ4n) is 1.52. The predicted octanol–water partition coefficient (Wildman–Crippen LogP) is 4.18. The summed E-state index contributed by atoms with van der Waals surface area (Å²) in [6.07, 6.45) is 1.83. The van der Waals surface area contributed by atoms with Crippen LogP contribution in [0.3, 0.4) is 0 Å². The number of ether oxygens (including phenoxy) is 1. The molecule has 0 aliphatic heterocycles. The first kappa shape index (κ1) is 17.5. The molecule has 0 heterocycles. The number of nitrogens with one attached hydrogen (secondary N) is 1. The van der Waals surface area contributed by atoms with E-state index in [1.165, 1.54) is 24.1 Å². The minimum atomic E-state index is -4.41. The molecule has 2 atom stereocenters. The average Bonchev–Trinajstić information content (AvgIpc) is 2.41. The maximum atomic E-state index is 12.0. The Kier molecular flexibility index (Phi) is 7.01. The van der Waals surface area contributed by atoms with Crippen molar-refractivity contribution in [3.8, 4) is 5.75 Å². The summed E-state index contributed by atoms with van der Waals surface area (Å²) >= 11 is 0.930. The number of rotatable bonds is 7. The van der Waals surface area contributed by atoms with Gasteiger partial charge in [0.15, 0.2) is 12.0 Å². The summed E-state index contributed by atoms with van der Waals surface area (Å²) < 4.78 is 49.1. The zero-order valence-electron chi connectivity index (χ0n) is 11.2. The molecule has 8 heteroatoms. The van der Waals surface area contributed by atoms with E-state index in [-0.39, 0.29) is 17.9 Å². The zero-order valence-corrected chi connectivity index (χ0v) is 12.9. The number of methoxy groups -OCH3 is 1. The molecule has 2 unspecified atom stereocenters. The first-order valence-corrected chi connectivity index (χ1v) is 7.67. The molecule has 0 fully saturated rings. The predicted molar refractivity (Wildman–Crippen MR) is 76.6 cm³/mol. The molecule has 1 N–H and O–H groups in total. The fourth-order valence-corrected chi connectivity index (χ4v) is 2.41. The molecule has 0 saturated carbocycles. The second-order valence-corrected chi connectivity index (χ2v) is 5.36. The highest BCUT2D eigenvalue weighted by Gasteiger charge is 2.31. The molecule has 0 aromatic heterocycles. The monoisotopic (exact) mass is 327 g/mol. The largest absolute Gasteiger partial charge is 0.479 e. The maximum Gasteiger partial charge on any atom is 0.479 e. The van der Waals surface area contributed by atoms with E-state index in [0.29, 0.717) is 0 Å². The van der Waals surface area contributed by atoms with Crippen molar-refractivity contribution in [1.29, 1.82) is 0 Å². The third-order valence-corrected chi connectivity index (χ3v) is 3.51. The molecular weight excluding hydrogens is 311 g/mol. The Hall–Kier alpha value is -0.570. The van der Waals surface area contributed by atoms with E-state index in [4.69, 9.17) is 4.74 Å². The number of halogens is 3. The Labute approximate surface area is 124 Å². The lowest BCUT2D eigenvalue weighted by Gasteiger charge is -2.23. The van der Waals surface area contributed by atoms with Crippen molar-refractivity contribution in [2.24, 2.45) is 0 Å². The van der Waals surface area contributed by atoms with Gasteiger partial charge in [0.25, 0.3) is 0 Å². The van der Waals surface area contributed by atoms with E-state index in [2.05, 4.69) is 8.91 Å². The van der Waals surface area contributed by atoms with Crippen molar-refractivity contribution in [2.75, 3.05) is 13.4 Å². The first-order valence-electron chi connectivity index (χ1n) is 5.71. The lowest BCUT2D eigenvalue weighted by Crippen LogP contribution is -2.27. The molecule has 1 aromatic rings. The quantitative estimate of drug-likeness (QED) is 0.600. The van der Waals surface area contributed by atoms with Crippen LogP contribution in [-0.2, 0) is 4.74 Å². The Morgan fingerprint density at radius 3 is 2.25 bits per heavy atom. The van der Waals surface area contributed by atoms with Gasteiger partial charge in [0.1, 0.15) is 5.75 Å². The molecular formula is C12H16F3NO2S2. The Morgan fingerprint density at radius 1 is 1.20 bits per heavy atom. The van der Waals surface area contributed by atoms with Crippen LogP contribution in [0.5, 0.6) is 5.75 Å². The number of alkyl halides is 3. The van der Waals surface area contributed by atoms with Crippen LogP contribution < -0.4 is 8.91 Å². The summed E-state index contributed by atoms with van der Waals surface area (Å²) in [5, 5.41) is 0. The van der Waals surface area contributed by atoms with Gasteiger partial charge in [-0.25, -0.2) is 0 Å². The molecule has 1 aromatic carbocycles. The third-order valence-electron chi connectivity index (χ3n) is 2.56. The van der Waals surface area contributed by atoms with Gasteiger partial charge in [-0.15, -0.1) is 0 Å². The van der Waals surface area contributed by atoms with Gasteiger partial charge in [-0.3, -0.25) is 4.72 Å². The second kappa shape index (κ2) is 8.02. The molecule has 0 aliphatic carbocycles. The smallest absolute Gasteiger partial charge is 0.417 e. The van der Waals surface area contributed by atoms with Gasteiger partial charge in [-0.1, -0.05) is 24.1 Å². The van der Waals surface area contributed by atoms with Crippen molar-refractivity contribution in [1.82, 2.24) is 4.72 Å². The number of benzene rings is 1. The van der Waals surface area contributed by atoms with Crippen molar-refractivity contribution in [3.63, 3.8) is 0 Å². The molecule has 114 valence electrons. The second-order valence-electron chi connectivity index (χ2n) is 3.92. The Balaban J connectivity index is 2.72. The van der Waals surface area contributed by atoms with Gasteiger partial charge in [0, 0.05) is 7.11 Å². The minimum absolute atomic E-state index is 0.0562. The summed E-state index contributed by atoms with van der Waals surface area (Å²) in [5.41, 5.74) is -3.50. The fraction of sp³-hybridized carbons (Fsp3) is 0.500. The van der Waals surface area contributed by atoms with E-state index >= 15 is 0 Å². The van der Waals surface area contributed by atoms with Gasteiger partial charge in [-0.05, 0) is 30.9 Å². The molecule has 0 bridgehead atoms. The molecule has 0 saturated heterocycles. The van der Waals surface area contributed by atoms with Crippen molar-refractivity contribution >= 4 is 24.0 Å². The summed E-state index contributed by atoms with van der Waals surface area (Å²) in [6.45, 7) is 1.91. The van der Waals surface area contributed by atoms with Crippen LogP contribution in [0, 0.1) is 0 Å². The van der Waals surface area contributed by atoms with Gasteiger partial charge in [-0.2, -0.15) is 13.2 Å². The van der Waals surface area contributed by atoms with Gasteiger partial charge in [0.2, 0.25) is 0 Å². The normalized spacial score (nSPS) is 14.9. The Bertz CT molecular complexity index is 401. The maximum absolute atomic E-state index is 12.0. The molecule has 20 heavy (non-hydrogen) atoms. The molecule has 0 amide bonds. The van der Waals surface area contributed by atoms with Gasteiger partial charge < -0.3 is 8.92 Å². The standard InChI is InChI=1S/C12H16F3NO2S2/c1-8(17-2)11(16-19-3)9-4-6-10(7-5-9)18-20-12(13,14)15/h4-8,11,16H,1-3H3. The summed E-state index contributed by atoms with van der Waals surface area (Å²) in [6, 6.07) is 6.39. The minimum Gasteiger partial charge on any atom is -0.417 e. The Morgan fingerprint density at radius 2 is 1.80 bits per heavy atom. The average molecular weight is 327 g/mol. The van der Waals surface area contributed by atoms with Crippen molar-refractivity contribution in [2.45, 2.75) is 24.6 Å². The van der Waals surface area contributed by atoms with Crippen LogP contribution in [0.1, 0.15) is 18.5 Å². The first-order chi connectivity index (χ1) is 9.37. The van der Waals surface area contributed by atoms with Crippen LogP contribution in [0.4, 0.5) is 13.2 Å². The lowest BCUT2D eigenvalue weighted by atomic mass is 10.0. The number of hydrogen-bond acceptors (Lipinski definition) is 5. The van der Waals surface area contributed by atoms with E-state index < -0.39 is 17.6 Å². The zero-order chi connectivity index (χ0) is 15.2. The highest BCUT2D eigenvalue weighted by Crippen LogP contribution is 2.33.